The highest BCUT2D eigenvalue weighted by Crippen LogP contribution is 2.15. The summed E-state index contributed by atoms with van der Waals surface area (Å²) < 4.78 is 0. The van der Waals surface area contributed by atoms with Gasteiger partial charge in [-0.05, 0) is 6.42 Å². The predicted octanol–water partition coefficient (Wildman–Crippen LogP) is -2.29. The van der Waals surface area contributed by atoms with Crippen molar-refractivity contribution in [2.75, 3.05) is 13.2 Å². The molecule has 0 bridgehead atoms. The van der Waals surface area contributed by atoms with Gasteiger partial charge in [0.2, 0.25) is 5.91 Å². The molecule has 112 valence electrons. The number of hydrogen-bond donors (Lipinski definition) is 6. The minimum Gasteiger partial charge on any atom is -0.395 e. The van der Waals surface area contributed by atoms with E-state index in [0.717, 1.165) is 19.3 Å². The molecule has 1 rings (SSSR count). The molecule has 6 N–H and O–H groups in total. The molecule has 1 amide bonds. The number of nitrogens with one attached hydrogen (secondary N) is 2. The van der Waals surface area contributed by atoms with Crippen LogP contribution in [0.2, 0.25) is 0 Å². The molecule has 0 radical (unpaired) electrons. The molecule has 0 unspecified atom stereocenters. The molecular weight excluding hydrogens is 252 g/mol. The van der Waals surface area contributed by atoms with E-state index in [1.54, 1.807) is 0 Å². The Bertz CT molecular complexity index is 287. The Balaban J connectivity index is 2.53. The highest BCUT2D eigenvalue weighted by molar-refractivity contribution is 5.82. The van der Waals surface area contributed by atoms with Gasteiger partial charge < -0.3 is 25.7 Å². The van der Waals surface area contributed by atoms with Gasteiger partial charge in [-0.3, -0.25) is 10.1 Å². The Kier molecular flexibility index (Phi) is 6.67. The second-order valence-corrected chi connectivity index (χ2v) is 4.90. The maximum atomic E-state index is 11.9. The summed E-state index contributed by atoms with van der Waals surface area (Å²) in [6.45, 7) is 2.13. The fraction of sp³-hybridized carbons (Fsp3) is 0.917. The summed E-state index contributed by atoms with van der Waals surface area (Å²) in [6.07, 6.45) is -1.27. The van der Waals surface area contributed by atoms with Crippen molar-refractivity contribution in [3.63, 3.8) is 0 Å². The van der Waals surface area contributed by atoms with Gasteiger partial charge in [-0.1, -0.05) is 19.8 Å². The van der Waals surface area contributed by atoms with E-state index in [2.05, 4.69) is 17.6 Å². The summed E-state index contributed by atoms with van der Waals surface area (Å²) in [5, 5.41) is 43.4. The molecule has 19 heavy (non-hydrogen) atoms. The molecule has 1 saturated heterocycles. The van der Waals surface area contributed by atoms with Crippen LogP contribution in [0.3, 0.4) is 0 Å². The zero-order valence-corrected chi connectivity index (χ0v) is 11.1. The Morgan fingerprint density at radius 2 is 1.84 bits per heavy atom. The van der Waals surface area contributed by atoms with Crippen LogP contribution < -0.4 is 10.6 Å². The second kappa shape index (κ2) is 7.76. The second-order valence-electron chi connectivity index (χ2n) is 4.90. The normalized spacial score (nSPS) is 35.1. The van der Waals surface area contributed by atoms with Crippen LogP contribution in [0.5, 0.6) is 0 Å². The maximum Gasteiger partial charge on any atom is 0.239 e. The average molecular weight is 276 g/mol. The molecule has 1 aliphatic heterocycles. The summed E-state index contributed by atoms with van der Waals surface area (Å²) in [7, 11) is 0. The average Bonchev–Trinajstić information content (AvgIpc) is 2.41. The van der Waals surface area contributed by atoms with E-state index in [-0.39, 0.29) is 0 Å². The fourth-order valence-electron chi connectivity index (χ4n) is 2.15. The van der Waals surface area contributed by atoms with Crippen molar-refractivity contribution < 1.29 is 25.2 Å². The van der Waals surface area contributed by atoms with Gasteiger partial charge >= 0.3 is 0 Å². The third-order valence-electron chi connectivity index (χ3n) is 3.41. The molecule has 0 aromatic rings. The number of aliphatic hydroxyl groups is 4. The first-order chi connectivity index (χ1) is 9.02. The molecule has 7 nitrogen and oxygen atoms in total. The Labute approximate surface area is 112 Å². The van der Waals surface area contributed by atoms with E-state index < -0.39 is 42.9 Å². The number of amides is 1. The topological polar surface area (TPSA) is 122 Å². The summed E-state index contributed by atoms with van der Waals surface area (Å²) in [5.74, 6) is -0.437. The minimum absolute atomic E-state index is 0.426. The molecule has 0 spiro atoms. The quantitative estimate of drug-likeness (QED) is 0.304. The number of piperidine rings is 1. The smallest absolute Gasteiger partial charge is 0.239 e. The summed E-state index contributed by atoms with van der Waals surface area (Å²) in [5.41, 5.74) is 0. The Morgan fingerprint density at radius 3 is 2.42 bits per heavy atom. The van der Waals surface area contributed by atoms with E-state index in [1.165, 1.54) is 0 Å². The largest absolute Gasteiger partial charge is 0.395 e. The SMILES string of the molecule is CCCCCNC(=O)[C@@H]1N[C@@H](CO)[C@@H](O)[C@H](O)[C@H]1O. The van der Waals surface area contributed by atoms with E-state index >= 15 is 0 Å². The van der Waals surface area contributed by atoms with Crippen LogP contribution in [-0.2, 0) is 4.79 Å². The van der Waals surface area contributed by atoms with Crippen molar-refractivity contribution in [3.8, 4) is 0 Å². The van der Waals surface area contributed by atoms with Crippen LogP contribution in [0.1, 0.15) is 26.2 Å². The fourth-order valence-corrected chi connectivity index (χ4v) is 2.15. The van der Waals surface area contributed by atoms with Crippen LogP contribution in [-0.4, -0.2) is 69.9 Å². The van der Waals surface area contributed by atoms with Gasteiger partial charge in [-0.25, -0.2) is 0 Å². The van der Waals surface area contributed by atoms with Crippen LogP contribution in [0.25, 0.3) is 0 Å². The predicted molar refractivity (Wildman–Crippen MR) is 68.4 cm³/mol. The van der Waals surface area contributed by atoms with Crippen LogP contribution >= 0.6 is 0 Å². The number of carbonyl (C=O) groups excluding carboxylic acids is 1. The zero-order valence-electron chi connectivity index (χ0n) is 11.1. The lowest BCUT2D eigenvalue weighted by Crippen LogP contribution is -2.69. The summed E-state index contributed by atoms with van der Waals surface area (Å²) in [4.78, 5) is 11.9. The first kappa shape index (κ1) is 16.3. The van der Waals surface area contributed by atoms with Crippen molar-refractivity contribution >= 4 is 5.91 Å². The van der Waals surface area contributed by atoms with E-state index in [4.69, 9.17) is 5.11 Å². The molecule has 0 aliphatic carbocycles. The number of carbonyl (C=O) groups is 1. The highest BCUT2D eigenvalue weighted by atomic mass is 16.4. The molecule has 0 saturated carbocycles. The molecule has 7 heteroatoms. The lowest BCUT2D eigenvalue weighted by molar-refractivity contribution is -0.145. The monoisotopic (exact) mass is 276 g/mol. The van der Waals surface area contributed by atoms with Crippen molar-refractivity contribution in [1.82, 2.24) is 10.6 Å². The van der Waals surface area contributed by atoms with Crippen molar-refractivity contribution in [2.45, 2.75) is 56.6 Å². The number of aliphatic hydroxyl groups excluding tert-OH is 4. The minimum atomic E-state index is -1.45. The summed E-state index contributed by atoms with van der Waals surface area (Å²) in [6, 6.07) is -1.86. The molecule has 0 aromatic carbocycles. The van der Waals surface area contributed by atoms with Crippen molar-refractivity contribution in [1.29, 1.82) is 0 Å². The lowest BCUT2D eigenvalue weighted by atomic mass is 9.90. The van der Waals surface area contributed by atoms with Crippen molar-refractivity contribution in [3.05, 3.63) is 0 Å². The van der Waals surface area contributed by atoms with E-state index in [1.807, 2.05) is 0 Å². The number of unbranched alkanes of at least 4 members (excludes halogenated alkanes) is 2. The highest BCUT2D eigenvalue weighted by Gasteiger charge is 2.44. The molecule has 1 heterocycles. The van der Waals surface area contributed by atoms with E-state index in [9.17, 15) is 20.1 Å². The molecular formula is C12H24N2O5. The molecule has 1 fully saturated rings. The van der Waals surface area contributed by atoms with Gasteiger partial charge in [-0.2, -0.15) is 0 Å². The molecule has 0 aromatic heterocycles. The Hall–Kier alpha value is -0.730. The van der Waals surface area contributed by atoms with Gasteiger partial charge in [0, 0.05) is 6.54 Å². The van der Waals surface area contributed by atoms with Crippen LogP contribution in [0.4, 0.5) is 0 Å². The third-order valence-corrected chi connectivity index (χ3v) is 3.41. The maximum absolute atomic E-state index is 11.9. The summed E-state index contributed by atoms with van der Waals surface area (Å²) >= 11 is 0. The Morgan fingerprint density at radius 1 is 1.16 bits per heavy atom. The number of rotatable bonds is 6. The van der Waals surface area contributed by atoms with Crippen molar-refractivity contribution in [2.24, 2.45) is 0 Å². The van der Waals surface area contributed by atoms with Crippen LogP contribution in [0, 0.1) is 0 Å². The van der Waals surface area contributed by atoms with Gasteiger partial charge in [0.05, 0.1) is 12.6 Å². The van der Waals surface area contributed by atoms with Gasteiger partial charge in [0.1, 0.15) is 24.4 Å². The van der Waals surface area contributed by atoms with Crippen LogP contribution in [0.15, 0.2) is 0 Å². The first-order valence-electron chi connectivity index (χ1n) is 6.71. The van der Waals surface area contributed by atoms with Gasteiger partial charge in [0.15, 0.2) is 0 Å². The first-order valence-corrected chi connectivity index (χ1v) is 6.71. The standard InChI is InChI=1S/C12H24N2O5/c1-2-3-4-5-13-12(19)8-10(17)11(18)9(16)7(6-15)14-8/h7-11,14-18H,2-6H2,1H3,(H,13,19)/t7-,8+,9+,10-,11-/m0/s1. The van der Waals surface area contributed by atoms with Gasteiger partial charge in [-0.15, -0.1) is 0 Å². The molecule has 1 aliphatic rings. The molecule has 5 atom stereocenters. The third kappa shape index (κ3) is 4.12. The lowest BCUT2D eigenvalue weighted by Gasteiger charge is -2.40. The zero-order chi connectivity index (χ0) is 14.4. The van der Waals surface area contributed by atoms with E-state index in [0.29, 0.717) is 6.54 Å². The van der Waals surface area contributed by atoms with Gasteiger partial charge in [0.25, 0.3) is 0 Å². The number of hydrogen-bond acceptors (Lipinski definition) is 6.